The molecule has 2 N–H and O–H groups in total. The molecule has 4 nitrogen and oxygen atoms in total. The van der Waals surface area contributed by atoms with Gasteiger partial charge in [0.15, 0.2) is 0 Å². The van der Waals surface area contributed by atoms with Crippen LogP contribution in [0.25, 0.3) is 22.8 Å². The molecule has 1 heterocycles. The van der Waals surface area contributed by atoms with Crippen molar-refractivity contribution < 1.29 is 4.52 Å². The first-order chi connectivity index (χ1) is 10.0. The summed E-state index contributed by atoms with van der Waals surface area (Å²) in [6, 6.07) is 11.6. The number of rotatable bonds is 2. The fourth-order valence-corrected chi connectivity index (χ4v) is 2.84. The third-order valence-corrected chi connectivity index (χ3v) is 3.93. The van der Waals surface area contributed by atoms with Gasteiger partial charge in [-0.15, -0.1) is 0 Å². The molecule has 2 aromatic carbocycles. The Bertz CT molecular complexity index is 745. The lowest BCUT2D eigenvalue weighted by molar-refractivity contribution is 0.432. The predicted octanol–water partition coefficient (Wildman–Crippen LogP) is 4.37. The number of nitrogens with zero attached hydrogens (tertiary/aromatic N) is 2. The lowest BCUT2D eigenvalue weighted by Crippen LogP contribution is -1.89. The zero-order chi connectivity index (χ0) is 15.0. The number of hydrogen-bond acceptors (Lipinski definition) is 4. The van der Waals surface area contributed by atoms with E-state index in [2.05, 4.69) is 26.1 Å². The van der Waals surface area contributed by atoms with E-state index in [1.54, 1.807) is 0 Å². The maximum atomic E-state index is 5.76. The van der Waals surface area contributed by atoms with Crippen molar-refractivity contribution in [3.05, 3.63) is 52.0 Å². The molecule has 5 heteroatoms. The minimum Gasteiger partial charge on any atom is -0.399 e. The van der Waals surface area contributed by atoms with E-state index in [1.165, 1.54) is 5.56 Å². The second-order valence-electron chi connectivity index (χ2n) is 4.98. The van der Waals surface area contributed by atoms with E-state index in [0.29, 0.717) is 11.7 Å². The van der Waals surface area contributed by atoms with Gasteiger partial charge in [-0.2, -0.15) is 4.98 Å². The molecule has 0 amide bonds. The third kappa shape index (κ3) is 2.69. The third-order valence-electron chi connectivity index (χ3n) is 3.27. The highest BCUT2D eigenvalue weighted by molar-refractivity contribution is 9.10. The van der Waals surface area contributed by atoms with E-state index in [0.717, 1.165) is 26.9 Å². The smallest absolute Gasteiger partial charge is 0.258 e. The molecular weight excluding hydrogens is 330 g/mol. The van der Waals surface area contributed by atoms with Crippen LogP contribution in [0, 0.1) is 13.8 Å². The summed E-state index contributed by atoms with van der Waals surface area (Å²) >= 11 is 3.54. The van der Waals surface area contributed by atoms with Gasteiger partial charge in [-0.05, 0) is 55.3 Å². The zero-order valence-corrected chi connectivity index (χ0v) is 13.3. The van der Waals surface area contributed by atoms with Crippen molar-refractivity contribution in [3.8, 4) is 22.8 Å². The Balaban J connectivity index is 2.03. The van der Waals surface area contributed by atoms with Crippen molar-refractivity contribution in [3.63, 3.8) is 0 Å². The zero-order valence-electron chi connectivity index (χ0n) is 11.7. The van der Waals surface area contributed by atoms with Gasteiger partial charge in [0.2, 0.25) is 5.82 Å². The molecule has 3 rings (SSSR count). The Labute approximate surface area is 131 Å². The van der Waals surface area contributed by atoms with Crippen molar-refractivity contribution in [2.75, 3.05) is 5.73 Å². The predicted molar refractivity (Wildman–Crippen MR) is 86.8 cm³/mol. The summed E-state index contributed by atoms with van der Waals surface area (Å²) in [6.07, 6.45) is 0. The highest BCUT2D eigenvalue weighted by Crippen LogP contribution is 2.30. The highest BCUT2D eigenvalue weighted by atomic mass is 79.9. The van der Waals surface area contributed by atoms with Crippen LogP contribution >= 0.6 is 15.9 Å². The second-order valence-corrected chi connectivity index (χ2v) is 5.84. The normalized spacial score (nSPS) is 10.8. The molecule has 0 atom stereocenters. The Morgan fingerprint density at radius 3 is 2.52 bits per heavy atom. The molecule has 106 valence electrons. The van der Waals surface area contributed by atoms with Gasteiger partial charge in [0.1, 0.15) is 0 Å². The van der Waals surface area contributed by atoms with Gasteiger partial charge in [-0.1, -0.05) is 27.2 Å². The molecule has 0 saturated heterocycles. The summed E-state index contributed by atoms with van der Waals surface area (Å²) in [5.74, 6) is 1.06. The van der Waals surface area contributed by atoms with Gasteiger partial charge in [0.05, 0.1) is 0 Å². The van der Waals surface area contributed by atoms with Gasteiger partial charge in [0, 0.05) is 21.3 Å². The van der Waals surface area contributed by atoms with Gasteiger partial charge < -0.3 is 10.3 Å². The van der Waals surface area contributed by atoms with Crippen LogP contribution < -0.4 is 5.73 Å². The quantitative estimate of drug-likeness (QED) is 0.702. The number of halogens is 1. The highest BCUT2D eigenvalue weighted by Gasteiger charge is 2.14. The van der Waals surface area contributed by atoms with E-state index in [1.807, 2.05) is 50.2 Å². The second kappa shape index (κ2) is 5.33. The van der Waals surface area contributed by atoms with Crippen LogP contribution in [0.15, 0.2) is 45.4 Å². The van der Waals surface area contributed by atoms with Crippen LogP contribution in [0.2, 0.25) is 0 Å². The number of hydrogen-bond donors (Lipinski definition) is 1. The summed E-state index contributed by atoms with van der Waals surface area (Å²) < 4.78 is 6.34. The standard InChI is InChI=1S/C16H14BrN3O/c1-9-3-5-13(14(17)7-9)15-19-16(21-20-15)12-6-4-11(18)8-10(12)2/h3-8H,18H2,1-2H3. The molecule has 1 aromatic heterocycles. The fourth-order valence-electron chi connectivity index (χ4n) is 2.17. The molecule has 0 unspecified atom stereocenters. The number of aryl methyl sites for hydroxylation is 2. The van der Waals surface area contributed by atoms with E-state index in [4.69, 9.17) is 10.3 Å². The van der Waals surface area contributed by atoms with Gasteiger partial charge in [0.25, 0.3) is 5.89 Å². The van der Waals surface area contributed by atoms with Crippen molar-refractivity contribution >= 4 is 21.6 Å². The van der Waals surface area contributed by atoms with E-state index >= 15 is 0 Å². The first kappa shape index (κ1) is 13.8. The van der Waals surface area contributed by atoms with Gasteiger partial charge >= 0.3 is 0 Å². The van der Waals surface area contributed by atoms with Crippen LogP contribution in [-0.2, 0) is 0 Å². The average molecular weight is 344 g/mol. The Hall–Kier alpha value is -2.14. The van der Waals surface area contributed by atoms with Crippen molar-refractivity contribution in [1.82, 2.24) is 10.1 Å². The van der Waals surface area contributed by atoms with Crippen LogP contribution in [0.5, 0.6) is 0 Å². The number of nitrogens with two attached hydrogens (primary N) is 1. The van der Waals surface area contributed by atoms with Crippen molar-refractivity contribution in [2.24, 2.45) is 0 Å². The summed E-state index contributed by atoms with van der Waals surface area (Å²) in [4.78, 5) is 4.48. The molecule has 0 spiro atoms. The van der Waals surface area contributed by atoms with E-state index < -0.39 is 0 Å². The van der Waals surface area contributed by atoms with Crippen LogP contribution in [0.3, 0.4) is 0 Å². The first-order valence-electron chi connectivity index (χ1n) is 6.51. The molecule has 3 aromatic rings. The molecule has 0 aliphatic heterocycles. The molecule has 21 heavy (non-hydrogen) atoms. The van der Waals surface area contributed by atoms with Crippen LogP contribution in [0.4, 0.5) is 5.69 Å². The van der Waals surface area contributed by atoms with Crippen LogP contribution in [0.1, 0.15) is 11.1 Å². The summed E-state index contributed by atoms with van der Waals surface area (Å²) in [7, 11) is 0. The van der Waals surface area contributed by atoms with Crippen molar-refractivity contribution in [2.45, 2.75) is 13.8 Å². The minimum absolute atomic E-state index is 0.495. The lowest BCUT2D eigenvalue weighted by Gasteiger charge is -2.01. The van der Waals surface area contributed by atoms with E-state index in [9.17, 15) is 0 Å². The molecule has 0 aliphatic rings. The van der Waals surface area contributed by atoms with Gasteiger partial charge in [-0.25, -0.2) is 0 Å². The number of aromatic nitrogens is 2. The van der Waals surface area contributed by atoms with E-state index in [-0.39, 0.29) is 0 Å². The maximum Gasteiger partial charge on any atom is 0.258 e. The Kier molecular flexibility index (Phi) is 3.51. The molecule has 0 bridgehead atoms. The topological polar surface area (TPSA) is 64.9 Å². The molecule has 0 saturated carbocycles. The molecule has 0 aliphatic carbocycles. The molecular formula is C16H14BrN3O. The maximum absolute atomic E-state index is 5.76. The number of nitrogen functional groups attached to an aromatic ring is 1. The molecule has 0 radical (unpaired) electrons. The Morgan fingerprint density at radius 1 is 1.05 bits per heavy atom. The summed E-state index contributed by atoms with van der Waals surface area (Å²) in [5.41, 5.74) is 10.5. The first-order valence-corrected chi connectivity index (χ1v) is 7.30. The average Bonchev–Trinajstić information content (AvgIpc) is 2.87. The number of benzene rings is 2. The lowest BCUT2D eigenvalue weighted by atomic mass is 10.1. The fraction of sp³-hybridized carbons (Fsp3) is 0.125. The van der Waals surface area contributed by atoms with Crippen LogP contribution in [-0.4, -0.2) is 10.1 Å². The minimum atomic E-state index is 0.495. The van der Waals surface area contributed by atoms with Crippen molar-refractivity contribution in [1.29, 1.82) is 0 Å². The number of anilines is 1. The summed E-state index contributed by atoms with van der Waals surface area (Å²) in [5, 5.41) is 4.07. The molecule has 0 fully saturated rings. The monoisotopic (exact) mass is 343 g/mol. The summed E-state index contributed by atoms with van der Waals surface area (Å²) in [6.45, 7) is 4.01. The Morgan fingerprint density at radius 2 is 1.81 bits per heavy atom. The van der Waals surface area contributed by atoms with Gasteiger partial charge in [-0.3, -0.25) is 0 Å². The largest absolute Gasteiger partial charge is 0.399 e. The SMILES string of the molecule is Cc1ccc(-c2noc(-c3ccc(N)cc3C)n2)c(Br)c1.